The van der Waals surface area contributed by atoms with Crippen LogP contribution in [0, 0.1) is 0 Å². The van der Waals surface area contributed by atoms with Crippen molar-refractivity contribution in [2.75, 3.05) is 0 Å². The molecule has 0 aliphatic carbocycles. The average molecular weight is 164 g/mol. The van der Waals surface area contributed by atoms with Crippen LogP contribution in [0.25, 0.3) is 1.43 Å². The number of carbonyl (C=O) groups is 2. The molecule has 0 atom stereocenters. The summed E-state index contributed by atoms with van der Waals surface area (Å²) in [5.74, 6) is -0.833. The van der Waals surface area contributed by atoms with Gasteiger partial charge in [-0.1, -0.05) is 0 Å². The summed E-state index contributed by atoms with van der Waals surface area (Å²) < 4.78 is 5.56. The fourth-order valence-electron chi connectivity index (χ4n) is 0. The van der Waals surface area contributed by atoms with Gasteiger partial charge in [0.1, 0.15) is 0 Å². The first kappa shape index (κ1) is 12.1. The van der Waals surface area contributed by atoms with E-state index >= 15 is 0 Å². The van der Waals surface area contributed by atoms with Crippen molar-refractivity contribution >= 4 is 63.5 Å². The van der Waals surface area contributed by atoms with E-state index in [9.17, 15) is 0 Å². The van der Waals surface area contributed by atoms with E-state index in [-0.39, 0.29) is 51.4 Å². The molecule has 0 unspecified atom stereocenters. The summed E-state index contributed by atoms with van der Waals surface area (Å²) in [5, 5.41) is 17.6. The van der Waals surface area contributed by atoms with E-state index in [1.54, 1.807) is 0 Å². The van der Waals surface area contributed by atoms with Crippen LogP contribution in [0.15, 0.2) is 0 Å². The first-order valence-electron chi connectivity index (χ1n) is 1.97. The van der Waals surface area contributed by atoms with E-state index in [4.69, 9.17) is 21.2 Å². The van der Waals surface area contributed by atoms with Crippen LogP contribution >= 0.6 is 0 Å². The Hall–Kier alpha value is 0.376. The average Bonchev–Trinajstić information content (AvgIpc) is 1.65. The van der Waals surface area contributed by atoms with Crippen LogP contribution in [-0.4, -0.2) is 78.8 Å². The molecule has 0 fully saturated rings. The quantitative estimate of drug-likeness (QED) is 0.426. The second-order valence-electron chi connectivity index (χ2n) is 0.785. The van der Waals surface area contributed by atoms with Crippen molar-refractivity contribution in [2.24, 2.45) is 0 Å². The first-order valence-corrected chi connectivity index (χ1v) is 1.56. The van der Waals surface area contributed by atoms with Crippen LogP contribution in [0.4, 0.5) is 4.79 Å². The Bertz CT molecular complexity index is 101. The van der Waals surface area contributed by atoms with Gasteiger partial charge in [0.05, 0.1) is 0 Å². The van der Waals surface area contributed by atoms with Crippen molar-refractivity contribution in [3.8, 4) is 0 Å². The van der Waals surface area contributed by atoms with Crippen molar-refractivity contribution in [2.45, 2.75) is 6.92 Å². The molecule has 0 aromatic rings. The van der Waals surface area contributed by atoms with Gasteiger partial charge >= 0.3 is 59.0 Å². The summed E-state index contributed by atoms with van der Waals surface area (Å²) in [6.45, 7) is 1.08. The molecule has 0 aromatic heterocycles. The van der Waals surface area contributed by atoms with E-state index in [0.29, 0.717) is 0 Å². The molecule has 0 spiro atoms. The second-order valence-corrected chi connectivity index (χ2v) is 0.785. The van der Waals surface area contributed by atoms with Crippen molar-refractivity contribution in [1.29, 1.82) is 1.43 Å². The zero-order valence-corrected chi connectivity index (χ0v) is 4.12. The van der Waals surface area contributed by atoms with Crippen LogP contribution in [0.3, 0.4) is 0 Å². The van der Waals surface area contributed by atoms with Crippen LogP contribution < -0.4 is 0 Å². The molecule has 0 heterocycles. The van der Waals surface area contributed by atoms with Gasteiger partial charge in [0.25, 0.3) is 5.97 Å². The Balaban J connectivity index is -0.0000000910. The molecule has 6 heteroatoms. The normalized spacial score (nSPS) is 6.56. The van der Waals surface area contributed by atoms with Crippen molar-refractivity contribution in [1.82, 2.24) is 0 Å². The van der Waals surface area contributed by atoms with Crippen molar-refractivity contribution in [3.05, 3.63) is 0 Å². The van der Waals surface area contributed by atoms with E-state index < -0.39 is 12.1 Å². The molecule has 0 rings (SSSR count). The SMILES string of the molecule is CC(=O)O.[3H]OC(=O)O.[KH]. The summed E-state index contributed by atoms with van der Waals surface area (Å²) in [6.07, 6.45) is -1.58. The molecule has 0 aromatic carbocycles. The van der Waals surface area contributed by atoms with Gasteiger partial charge in [-0.2, -0.15) is 0 Å². The van der Waals surface area contributed by atoms with Gasteiger partial charge in [0, 0.05) is 6.92 Å². The third-order valence-corrected chi connectivity index (χ3v) is 0. The summed E-state index contributed by atoms with van der Waals surface area (Å²) in [6, 6.07) is 0. The fraction of sp³-hybridized carbons (Fsp3) is 0.333. The van der Waals surface area contributed by atoms with Crippen molar-refractivity contribution < 1.29 is 24.9 Å². The van der Waals surface area contributed by atoms with Crippen molar-refractivity contribution in [3.63, 3.8) is 0 Å². The van der Waals surface area contributed by atoms with Gasteiger partial charge in [0.15, 0.2) is 0 Å². The summed E-state index contributed by atoms with van der Waals surface area (Å²) in [7, 11) is 0. The molecule has 0 bridgehead atoms. The molecule has 0 saturated carbocycles. The predicted octanol–water partition coefficient (Wildman–Crippen LogP) is -0.335. The maximum absolute atomic E-state index is 9.00. The molecular weight excluding hydrogens is 155 g/mol. The molecule has 0 saturated heterocycles. The Kier molecular flexibility index (Phi) is 15.1. The number of hydrogen-bond acceptors (Lipinski definition) is 3. The number of rotatable bonds is 0. The molecule has 0 amide bonds. The second kappa shape index (κ2) is 11.2. The molecule has 3 N–H and O–H groups in total. The fourth-order valence-corrected chi connectivity index (χ4v) is 0. The molecular formula is C3H7KO5. The van der Waals surface area contributed by atoms with Gasteiger partial charge < -0.3 is 15.3 Å². The van der Waals surface area contributed by atoms with Gasteiger partial charge in [0.2, 0.25) is 0 Å². The third-order valence-electron chi connectivity index (χ3n) is 0. The van der Waals surface area contributed by atoms with Crippen LogP contribution in [-0.2, 0) is 4.79 Å². The van der Waals surface area contributed by atoms with Gasteiger partial charge in [-0.25, -0.2) is 4.79 Å². The predicted molar refractivity (Wildman–Crippen MR) is 31.1 cm³/mol. The molecule has 5 nitrogen and oxygen atoms in total. The minimum atomic E-state index is -1.58. The van der Waals surface area contributed by atoms with E-state index in [0.717, 1.165) is 6.92 Å². The molecule has 9 heavy (non-hydrogen) atoms. The Labute approximate surface area is 95.6 Å². The zero-order valence-electron chi connectivity index (χ0n) is 5.12. The first-order chi connectivity index (χ1) is 4.00. The summed E-state index contributed by atoms with van der Waals surface area (Å²) in [4.78, 5) is 18.0. The van der Waals surface area contributed by atoms with Crippen LogP contribution in [0.2, 0.25) is 0 Å². The molecule has 0 aliphatic heterocycles. The Morgan fingerprint density at radius 1 is 1.44 bits per heavy atom. The van der Waals surface area contributed by atoms with E-state index in [2.05, 4.69) is 5.11 Å². The number of carboxylic acid groups (broad SMARTS) is 3. The Morgan fingerprint density at radius 2 is 1.56 bits per heavy atom. The van der Waals surface area contributed by atoms with Crippen LogP contribution in [0.1, 0.15) is 6.92 Å². The molecule has 50 valence electrons. The van der Waals surface area contributed by atoms with Gasteiger partial charge in [-0.15, -0.1) is 0 Å². The number of carboxylic acids is 1. The van der Waals surface area contributed by atoms with Gasteiger partial charge in [-0.05, 0) is 0 Å². The third kappa shape index (κ3) is 2400. The van der Waals surface area contributed by atoms with Gasteiger partial charge in [-0.3, -0.25) is 4.79 Å². The number of aliphatic carboxylic acids is 1. The number of hydrogen-bond donors (Lipinski definition) is 3. The zero-order chi connectivity index (χ0) is 7.86. The van der Waals surface area contributed by atoms with E-state index in [1.807, 2.05) is 0 Å². The maximum atomic E-state index is 9.00. The molecule has 0 radical (unpaired) electrons. The molecule has 0 aliphatic rings. The summed E-state index contributed by atoms with van der Waals surface area (Å²) >= 11 is 0. The van der Waals surface area contributed by atoms with E-state index in [1.165, 1.54) is 0 Å². The topological polar surface area (TPSA) is 94.8 Å². The standard InChI is InChI=1S/C2H4O2.CH2O3.K.H/c1-2(3)4;2-1(3)4;;/h1H3,(H,3,4);(H2,2,3,4);;/i/hT. The monoisotopic (exact) mass is 164 g/mol. The minimum absolute atomic E-state index is 0. The Morgan fingerprint density at radius 3 is 1.56 bits per heavy atom. The summed E-state index contributed by atoms with van der Waals surface area (Å²) in [5.41, 5.74) is 0. The van der Waals surface area contributed by atoms with Crippen LogP contribution in [0.5, 0.6) is 0 Å².